The molecule has 1 rings (SSSR count). The lowest BCUT2D eigenvalue weighted by molar-refractivity contribution is -0.149. The highest BCUT2D eigenvalue weighted by molar-refractivity contribution is 7.87. The van der Waals surface area contributed by atoms with Gasteiger partial charge in [-0.25, -0.2) is 4.72 Å². The van der Waals surface area contributed by atoms with E-state index in [2.05, 4.69) is 4.72 Å². The van der Waals surface area contributed by atoms with Crippen molar-refractivity contribution in [3.63, 3.8) is 0 Å². The Morgan fingerprint density at radius 1 is 1.55 bits per heavy atom. The number of hydrogen-bond donors (Lipinski definition) is 2. The summed E-state index contributed by atoms with van der Waals surface area (Å²) in [4.78, 5) is 11.7. The van der Waals surface area contributed by atoms with Gasteiger partial charge in [-0.05, 0) is 33.1 Å². The number of carbonyl (C=O) groups is 1. The molecule has 0 spiro atoms. The van der Waals surface area contributed by atoms with E-state index in [0.717, 1.165) is 0 Å². The third-order valence-corrected chi connectivity index (χ3v) is 4.77. The topological polar surface area (TPSA) is 95.9 Å². The highest BCUT2D eigenvalue weighted by Gasteiger charge is 2.32. The summed E-state index contributed by atoms with van der Waals surface area (Å²) in [5.41, 5.74) is 0. The Labute approximate surface area is 120 Å². The summed E-state index contributed by atoms with van der Waals surface area (Å²) in [6, 6.07) is 0. The van der Waals surface area contributed by atoms with Crippen LogP contribution in [0.15, 0.2) is 0 Å². The van der Waals surface area contributed by atoms with Crippen LogP contribution in [-0.2, 0) is 19.7 Å². The lowest BCUT2D eigenvalue weighted by atomic mass is 10.0. The molecule has 1 aliphatic rings. The summed E-state index contributed by atoms with van der Waals surface area (Å²) in [5, 5.41) is 9.12. The molecule has 0 aromatic heterocycles. The molecule has 1 heterocycles. The Bertz CT molecular complexity index is 410. The van der Waals surface area contributed by atoms with Crippen LogP contribution in [0.25, 0.3) is 0 Å². The number of rotatable bonds is 7. The third kappa shape index (κ3) is 5.35. The van der Waals surface area contributed by atoms with Crippen LogP contribution >= 0.6 is 0 Å². The van der Waals surface area contributed by atoms with Crippen LogP contribution in [0.2, 0.25) is 0 Å². The molecular formula is C12H24N2O5S. The maximum Gasteiger partial charge on any atom is 0.310 e. The molecule has 7 nitrogen and oxygen atoms in total. The fourth-order valence-corrected chi connectivity index (χ4v) is 3.41. The number of aliphatic hydroxyl groups is 1. The fraction of sp³-hybridized carbons (Fsp3) is 0.917. The van der Waals surface area contributed by atoms with Gasteiger partial charge in [0.1, 0.15) is 0 Å². The Morgan fingerprint density at radius 2 is 2.25 bits per heavy atom. The Morgan fingerprint density at radius 3 is 2.85 bits per heavy atom. The summed E-state index contributed by atoms with van der Waals surface area (Å²) in [5.74, 6) is -0.728. The van der Waals surface area contributed by atoms with Crippen molar-refractivity contribution in [3.05, 3.63) is 0 Å². The summed E-state index contributed by atoms with van der Waals surface area (Å²) in [6.07, 6.45) is 1.10. The van der Waals surface area contributed by atoms with Gasteiger partial charge in [-0.3, -0.25) is 4.79 Å². The van der Waals surface area contributed by atoms with Gasteiger partial charge in [0, 0.05) is 19.6 Å². The van der Waals surface area contributed by atoms with E-state index in [1.165, 1.54) is 4.31 Å². The highest BCUT2D eigenvalue weighted by atomic mass is 32.2. The number of hydrogen-bond acceptors (Lipinski definition) is 5. The van der Waals surface area contributed by atoms with Gasteiger partial charge in [-0.1, -0.05) is 0 Å². The van der Waals surface area contributed by atoms with E-state index < -0.39 is 22.2 Å². The summed E-state index contributed by atoms with van der Waals surface area (Å²) < 4.78 is 32.8. The first-order chi connectivity index (χ1) is 9.36. The average molecular weight is 308 g/mol. The molecule has 2 N–H and O–H groups in total. The number of esters is 1. The quantitative estimate of drug-likeness (QED) is 0.639. The molecule has 8 heteroatoms. The van der Waals surface area contributed by atoms with Crippen LogP contribution in [0.1, 0.15) is 33.1 Å². The number of ether oxygens (including phenoxy) is 1. The molecular weight excluding hydrogens is 284 g/mol. The van der Waals surface area contributed by atoms with Crippen molar-refractivity contribution in [2.75, 3.05) is 26.2 Å². The van der Waals surface area contributed by atoms with E-state index in [9.17, 15) is 13.2 Å². The zero-order valence-electron chi connectivity index (χ0n) is 12.0. The molecule has 0 amide bonds. The van der Waals surface area contributed by atoms with E-state index in [1.54, 1.807) is 13.8 Å². The van der Waals surface area contributed by atoms with Gasteiger partial charge in [-0.2, -0.15) is 12.7 Å². The molecule has 0 aromatic carbocycles. The zero-order chi connectivity index (χ0) is 15.2. The number of nitrogens with zero attached hydrogens (tertiary/aromatic N) is 1. The minimum absolute atomic E-state index is 0.156. The first-order valence-electron chi connectivity index (χ1n) is 6.96. The molecule has 1 saturated heterocycles. The van der Waals surface area contributed by atoms with Gasteiger partial charge in [-0.15, -0.1) is 0 Å². The molecule has 20 heavy (non-hydrogen) atoms. The predicted octanol–water partition coefficient (Wildman–Crippen LogP) is -0.133. The smallest absolute Gasteiger partial charge is 0.310 e. The van der Waals surface area contributed by atoms with Crippen molar-refractivity contribution in [2.24, 2.45) is 5.92 Å². The Kier molecular flexibility index (Phi) is 6.87. The number of nitrogens with one attached hydrogen (secondary N) is 1. The van der Waals surface area contributed by atoms with E-state index in [4.69, 9.17) is 9.84 Å². The zero-order valence-corrected chi connectivity index (χ0v) is 12.9. The van der Waals surface area contributed by atoms with Gasteiger partial charge < -0.3 is 9.84 Å². The van der Waals surface area contributed by atoms with E-state index >= 15 is 0 Å². The van der Waals surface area contributed by atoms with Gasteiger partial charge in [0.15, 0.2) is 0 Å². The second kappa shape index (κ2) is 7.92. The first kappa shape index (κ1) is 17.4. The van der Waals surface area contributed by atoms with E-state index in [-0.39, 0.29) is 19.1 Å². The molecule has 0 radical (unpaired) electrons. The van der Waals surface area contributed by atoms with Crippen LogP contribution < -0.4 is 4.72 Å². The Balaban J connectivity index is 2.54. The van der Waals surface area contributed by atoms with Gasteiger partial charge in [0.05, 0.1) is 18.6 Å². The largest absolute Gasteiger partial charge is 0.466 e. The van der Waals surface area contributed by atoms with Crippen molar-refractivity contribution in [2.45, 2.75) is 39.2 Å². The van der Waals surface area contributed by atoms with E-state index in [1.807, 2.05) is 0 Å². The standard InChI is InChI=1S/C12H24N2O5S/c1-3-19-12(16)11-5-4-8-14(9-11)20(17,18)13-7-6-10(2)15/h10-11,13,15H,3-9H2,1-2H3. The average Bonchev–Trinajstić information content (AvgIpc) is 2.38. The maximum absolute atomic E-state index is 12.1. The van der Waals surface area contributed by atoms with Crippen LogP contribution in [0.4, 0.5) is 0 Å². The molecule has 0 bridgehead atoms. The summed E-state index contributed by atoms with van der Waals surface area (Å²) in [7, 11) is -3.60. The number of aliphatic hydroxyl groups excluding tert-OH is 1. The fourth-order valence-electron chi connectivity index (χ4n) is 2.10. The molecule has 0 saturated carbocycles. The normalized spacial score (nSPS) is 22.4. The second-order valence-corrected chi connectivity index (χ2v) is 6.74. The maximum atomic E-state index is 12.1. The van der Waals surface area contributed by atoms with Gasteiger partial charge >= 0.3 is 5.97 Å². The molecule has 0 aliphatic carbocycles. The van der Waals surface area contributed by atoms with Crippen molar-refractivity contribution < 1.29 is 23.1 Å². The van der Waals surface area contributed by atoms with Crippen molar-refractivity contribution in [1.82, 2.24) is 9.03 Å². The van der Waals surface area contributed by atoms with Crippen LogP contribution in [0.5, 0.6) is 0 Å². The monoisotopic (exact) mass is 308 g/mol. The molecule has 118 valence electrons. The number of piperidine rings is 1. The van der Waals surface area contributed by atoms with Gasteiger partial charge in [0.2, 0.25) is 0 Å². The summed E-state index contributed by atoms with van der Waals surface area (Å²) in [6.45, 7) is 4.37. The first-order valence-corrected chi connectivity index (χ1v) is 8.40. The lowest BCUT2D eigenvalue weighted by Gasteiger charge is -2.30. The van der Waals surface area contributed by atoms with Crippen LogP contribution in [0.3, 0.4) is 0 Å². The molecule has 1 aliphatic heterocycles. The van der Waals surface area contributed by atoms with E-state index in [0.29, 0.717) is 32.4 Å². The second-order valence-electron chi connectivity index (χ2n) is 4.99. The highest BCUT2D eigenvalue weighted by Crippen LogP contribution is 2.19. The molecule has 2 atom stereocenters. The predicted molar refractivity (Wildman–Crippen MR) is 74.2 cm³/mol. The summed E-state index contributed by atoms with van der Waals surface area (Å²) >= 11 is 0. The Hall–Kier alpha value is -0.700. The van der Waals surface area contributed by atoms with Crippen molar-refractivity contribution in [3.8, 4) is 0 Å². The van der Waals surface area contributed by atoms with Crippen LogP contribution in [-0.4, -0.2) is 56.1 Å². The van der Waals surface area contributed by atoms with Crippen molar-refractivity contribution >= 4 is 16.2 Å². The van der Waals surface area contributed by atoms with Crippen LogP contribution in [0, 0.1) is 5.92 Å². The molecule has 0 aromatic rings. The number of carbonyl (C=O) groups excluding carboxylic acids is 1. The minimum Gasteiger partial charge on any atom is -0.466 e. The minimum atomic E-state index is -3.60. The SMILES string of the molecule is CCOC(=O)C1CCCN(S(=O)(=O)NCCC(C)O)C1. The lowest BCUT2D eigenvalue weighted by Crippen LogP contribution is -2.48. The molecule has 1 fully saturated rings. The van der Waals surface area contributed by atoms with Gasteiger partial charge in [0.25, 0.3) is 10.2 Å². The van der Waals surface area contributed by atoms with Crippen molar-refractivity contribution in [1.29, 1.82) is 0 Å². The molecule has 2 unspecified atom stereocenters. The third-order valence-electron chi connectivity index (χ3n) is 3.19.